The molecule has 2 radical (unpaired) electrons. The van der Waals surface area contributed by atoms with E-state index < -0.39 is 0 Å². The maximum Gasteiger partial charge on any atom is 0.199 e. The van der Waals surface area contributed by atoms with E-state index in [1.807, 2.05) is 0 Å². The third-order valence-corrected chi connectivity index (χ3v) is 1.68. The molecule has 0 saturated carbocycles. The van der Waals surface area contributed by atoms with Crippen molar-refractivity contribution >= 4 is 24.3 Å². The van der Waals surface area contributed by atoms with Crippen LogP contribution in [0, 0.1) is 0 Å². The van der Waals surface area contributed by atoms with Gasteiger partial charge in [0.2, 0.25) is 0 Å². The molecule has 0 aromatic carbocycles. The minimum Gasteiger partial charge on any atom is -0.291 e. The van der Waals surface area contributed by atoms with Gasteiger partial charge in [-0.05, 0) is 0 Å². The van der Waals surface area contributed by atoms with Crippen LogP contribution >= 0.6 is 11.8 Å². The molecule has 0 aromatic heterocycles. The summed E-state index contributed by atoms with van der Waals surface area (Å²) in [5, 5.41) is 0. The molecule has 0 amide bonds. The summed E-state index contributed by atoms with van der Waals surface area (Å²) in [7, 11) is 0. The molecule has 50 valence electrons. The summed E-state index contributed by atoms with van der Waals surface area (Å²) in [4.78, 5) is 19.2. The Balaban J connectivity index is 2.74. The zero-order valence-corrected chi connectivity index (χ0v) is 5.87. The van der Waals surface area contributed by atoms with Crippen LogP contribution in [0.2, 0.25) is 0 Å². The van der Waals surface area contributed by atoms with Crippen molar-refractivity contribution in [1.29, 1.82) is 0 Å². The van der Waals surface area contributed by atoms with Crippen LogP contribution in [0.25, 0.3) is 0 Å². The third kappa shape index (κ3) is 7.69. The van der Waals surface area contributed by atoms with E-state index in [2.05, 4.69) is 0 Å². The summed E-state index contributed by atoms with van der Waals surface area (Å²) in [6.45, 7) is 0. The molecule has 0 aliphatic carbocycles. The Bertz CT molecular complexity index is 73.1. The van der Waals surface area contributed by atoms with Crippen molar-refractivity contribution < 1.29 is 9.59 Å². The summed E-state index contributed by atoms with van der Waals surface area (Å²) >= 11 is 1.58. The van der Waals surface area contributed by atoms with E-state index in [1.165, 1.54) is 0 Å². The smallest absolute Gasteiger partial charge is 0.199 e. The lowest BCUT2D eigenvalue weighted by Gasteiger charge is -1.89. The van der Waals surface area contributed by atoms with Crippen molar-refractivity contribution in [3.05, 3.63) is 0 Å². The van der Waals surface area contributed by atoms with Gasteiger partial charge in [-0.3, -0.25) is 9.59 Å². The van der Waals surface area contributed by atoms with Crippen LogP contribution in [0.3, 0.4) is 0 Å². The van der Waals surface area contributed by atoms with Gasteiger partial charge in [0.05, 0.1) is 0 Å². The van der Waals surface area contributed by atoms with E-state index in [0.717, 1.165) is 11.5 Å². The lowest BCUT2D eigenvalue weighted by molar-refractivity contribution is 0.554. The molecular formula is C6H8O2S. The lowest BCUT2D eigenvalue weighted by Crippen LogP contribution is -1.84. The molecule has 0 aliphatic heterocycles. The Hall–Kier alpha value is -0.310. The standard InChI is InChI=1S/C6H8O2S/c7-3-1-5-9-6-2-4-8/h1-2,5-6H2. The molecule has 0 bridgehead atoms. The fraction of sp³-hybridized carbons (Fsp3) is 0.667. The van der Waals surface area contributed by atoms with Gasteiger partial charge in [-0.2, -0.15) is 11.8 Å². The third-order valence-electron chi connectivity index (χ3n) is 0.697. The molecule has 9 heavy (non-hydrogen) atoms. The molecule has 0 heterocycles. The largest absolute Gasteiger partial charge is 0.291 e. The molecule has 0 rings (SSSR count). The van der Waals surface area contributed by atoms with E-state index in [4.69, 9.17) is 0 Å². The Morgan fingerprint density at radius 3 is 1.78 bits per heavy atom. The fourth-order valence-corrected chi connectivity index (χ4v) is 0.989. The van der Waals surface area contributed by atoms with Crippen LogP contribution in [0.4, 0.5) is 0 Å². The SMILES string of the molecule is O=[C]CCSCC[C]=O. The predicted octanol–water partition coefficient (Wildman–Crippen LogP) is 0.719. The van der Waals surface area contributed by atoms with Gasteiger partial charge < -0.3 is 0 Å². The molecule has 0 spiro atoms. The molecule has 0 aromatic rings. The van der Waals surface area contributed by atoms with Gasteiger partial charge in [0.15, 0.2) is 12.6 Å². The average Bonchev–Trinajstić information content (AvgIpc) is 1.89. The van der Waals surface area contributed by atoms with Crippen LogP contribution in [0.1, 0.15) is 12.8 Å². The Morgan fingerprint density at radius 2 is 1.44 bits per heavy atom. The summed E-state index contributed by atoms with van der Waals surface area (Å²) < 4.78 is 0. The summed E-state index contributed by atoms with van der Waals surface area (Å²) in [5.74, 6) is 1.54. The first kappa shape index (κ1) is 8.69. The first-order valence-corrected chi connectivity index (χ1v) is 3.85. The monoisotopic (exact) mass is 144 g/mol. The van der Waals surface area contributed by atoms with Crippen LogP contribution in [0.5, 0.6) is 0 Å². The Kier molecular flexibility index (Phi) is 7.43. The first-order chi connectivity index (χ1) is 4.41. The minimum absolute atomic E-state index is 0.462. The molecule has 0 unspecified atom stereocenters. The molecule has 2 nitrogen and oxygen atoms in total. The first-order valence-electron chi connectivity index (χ1n) is 2.69. The van der Waals surface area contributed by atoms with E-state index in [-0.39, 0.29) is 0 Å². The van der Waals surface area contributed by atoms with E-state index >= 15 is 0 Å². The molecule has 3 heteroatoms. The lowest BCUT2D eigenvalue weighted by atomic mass is 10.6. The number of hydrogen-bond donors (Lipinski definition) is 0. The van der Waals surface area contributed by atoms with Gasteiger partial charge in [-0.25, -0.2) is 0 Å². The van der Waals surface area contributed by atoms with Crippen molar-refractivity contribution in [2.75, 3.05) is 11.5 Å². The highest BCUT2D eigenvalue weighted by molar-refractivity contribution is 7.99. The minimum atomic E-state index is 0.462. The second kappa shape index (κ2) is 7.69. The number of rotatable bonds is 6. The van der Waals surface area contributed by atoms with Gasteiger partial charge in [-0.15, -0.1) is 0 Å². The number of thioether (sulfide) groups is 1. The molecule has 0 atom stereocenters. The average molecular weight is 144 g/mol. The van der Waals surface area contributed by atoms with Gasteiger partial charge in [0.25, 0.3) is 0 Å². The highest BCUT2D eigenvalue weighted by Crippen LogP contribution is 2.01. The maximum absolute atomic E-state index is 9.62. The van der Waals surface area contributed by atoms with Crippen LogP contribution in [-0.2, 0) is 9.59 Å². The van der Waals surface area contributed by atoms with E-state index in [1.54, 1.807) is 24.3 Å². The molecule has 0 saturated heterocycles. The van der Waals surface area contributed by atoms with Crippen molar-refractivity contribution in [1.82, 2.24) is 0 Å². The summed E-state index contributed by atoms with van der Waals surface area (Å²) in [6, 6.07) is 0. The highest BCUT2D eigenvalue weighted by atomic mass is 32.2. The Labute approximate surface area is 59.0 Å². The summed E-state index contributed by atoms with van der Waals surface area (Å²) in [6.07, 6.45) is 4.47. The van der Waals surface area contributed by atoms with E-state index in [9.17, 15) is 9.59 Å². The second-order valence-electron chi connectivity index (χ2n) is 1.40. The van der Waals surface area contributed by atoms with Gasteiger partial charge >= 0.3 is 0 Å². The highest BCUT2D eigenvalue weighted by Gasteiger charge is 1.87. The molecule has 0 aliphatic rings. The van der Waals surface area contributed by atoms with Gasteiger partial charge in [0, 0.05) is 24.3 Å². The predicted molar refractivity (Wildman–Crippen MR) is 37.9 cm³/mol. The molecular weight excluding hydrogens is 136 g/mol. The van der Waals surface area contributed by atoms with Gasteiger partial charge in [0.1, 0.15) is 0 Å². The second-order valence-corrected chi connectivity index (χ2v) is 2.63. The van der Waals surface area contributed by atoms with Crippen molar-refractivity contribution in [3.63, 3.8) is 0 Å². The molecule has 0 fully saturated rings. The zero-order valence-electron chi connectivity index (χ0n) is 5.05. The normalized spacial score (nSPS) is 8.89. The zero-order chi connectivity index (χ0) is 6.95. The quantitative estimate of drug-likeness (QED) is 0.515. The van der Waals surface area contributed by atoms with Crippen molar-refractivity contribution in [2.24, 2.45) is 0 Å². The van der Waals surface area contributed by atoms with Gasteiger partial charge in [-0.1, -0.05) is 0 Å². The van der Waals surface area contributed by atoms with Crippen LogP contribution < -0.4 is 0 Å². The fourth-order valence-electron chi connectivity index (χ4n) is 0.330. The van der Waals surface area contributed by atoms with Crippen molar-refractivity contribution in [2.45, 2.75) is 12.8 Å². The maximum atomic E-state index is 9.62. The Morgan fingerprint density at radius 1 is 1.00 bits per heavy atom. The number of carbonyl (C=O) groups excluding carboxylic acids is 2. The number of hydrogen-bond acceptors (Lipinski definition) is 3. The molecule has 0 N–H and O–H groups in total. The van der Waals surface area contributed by atoms with Crippen LogP contribution in [-0.4, -0.2) is 24.1 Å². The van der Waals surface area contributed by atoms with Crippen LogP contribution in [0.15, 0.2) is 0 Å². The summed E-state index contributed by atoms with van der Waals surface area (Å²) in [5.41, 5.74) is 0. The topological polar surface area (TPSA) is 34.1 Å². The van der Waals surface area contributed by atoms with E-state index in [0.29, 0.717) is 12.8 Å². The van der Waals surface area contributed by atoms with Crippen molar-refractivity contribution in [3.8, 4) is 0 Å².